The summed E-state index contributed by atoms with van der Waals surface area (Å²) in [6, 6.07) is 11.8. The number of nitrogens with zero attached hydrogens (tertiary/aromatic N) is 1. The van der Waals surface area contributed by atoms with E-state index in [1.54, 1.807) is 6.07 Å². The summed E-state index contributed by atoms with van der Waals surface area (Å²) in [5, 5.41) is 11.1. The topological polar surface area (TPSA) is 41.9 Å². The minimum absolute atomic E-state index is 0.00895. The maximum Gasteiger partial charge on any atom is 0.288 e. The Morgan fingerprint density at radius 3 is 2.54 bits per heavy atom. The van der Waals surface area contributed by atoms with Gasteiger partial charge in [0.15, 0.2) is 0 Å². The van der Waals surface area contributed by atoms with Gasteiger partial charge < -0.3 is 9.47 Å². The van der Waals surface area contributed by atoms with Crippen molar-refractivity contribution < 1.29 is 14.7 Å². The van der Waals surface area contributed by atoms with Gasteiger partial charge in [0.1, 0.15) is 12.4 Å². The molecule has 0 radical (unpaired) electrons. The first-order valence-electron chi connectivity index (χ1n) is 7.85. The Kier molecular flexibility index (Phi) is 6.17. The first-order chi connectivity index (χ1) is 11.5. The molecule has 0 aliphatic heterocycles. The molecule has 0 spiro atoms. The molecule has 0 bridgehead atoms. The van der Waals surface area contributed by atoms with Crippen LogP contribution in [0.2, 0.25) is 0 Å². The highest BCUT2D eigenvalue weighted by atomic mass is 32.1. The number of rotatable bonds is 5. The second kappa shape index (κ2) is 8.13. The molecule has 4 nitrogen and oxygen atoms in total. The quantitative estimate of drug-likeness (QED) is 0.635. The van der Waals surface area contributed by atoms with Crippen LogP contribution in [-0.2, 0) is 17.8 Å². The molecular weight excluding hydrogens is 322 g/mol. The summed E-state index contributed by atoms with van der Waals surface area (Å²) in [7, 11) is 1.43. The molecular formula is C19H23NO3S. The summed E-state index contributed by atoms with van der Waals surface area (Å²) in [4.78, 5) is 0. The SMILES string of the molecule is CCc1ccc(OCc2c(C)cccc2N(O)C(=S)OC)c(C)c1. The summed E-state index contributed by atoms with van der Waals surface area (Å²) in [6.07, 6.45) is 0.997. The second-order valence-corrected chi connectivity index (χ2v) is 5.95. The zero-order valence-corrected chi connectivity index (χ0v) is 15.3. The van der Waals surface area contributed by atoms with E-state index in [2.05, 4.69) is 19.1 Å². The maximum absolute atomic E-state index is 10.2. The standard InChI is InChI=1S/C19H23NO3S/c1-5-15-9-10-18(14(3)11-15)23-12-16-13(2)7-6-8-17(16)20(21)19(24)22-4/h6-11,21H,5,12H2,1-4H3. The van der Waals surface area contributed by atoms with E-state index >= 15 is 0 Å². The van der Waals surface area contributed by atoms with E-state index < -0.39 is 0 Å². The number of hydroxylamine groups is 1. The predicted octanol–water partition coefficient (Wildman–Crippen LogP) is 4.57. The molecule has 0 atom stereocenters. The fourth-order valence-electron chi connectivity index (χ4n) is 2.50. The lowest BCUT2D eigenvalue weighted by Crippen LogP contribution is -2.27. The zero-order chi connectivity index (χ0) is 17.7. The number of thiocarbonyl (C=S) groups is 1. The Bertz CT molecular complexity index is 731. The molecule has 0 unspecified atom stereocenters. The van der Waals surface area contributed by atoms with E-state index in [9.17, 15) is 5.21 Å². The molecule has 0 heterocycles. The summed E-state index contributed by atoms with van der Waals surface area (Å²) < 4.78 is 10.9. The lowest BCUT2D eigenvalue weighted by atomic mass is 10.1. The summed E-state index contributed by atoms with van der Waals surface area (Å²) in [6.45, 7) is 6.46. The average molecular weight is 345 g/mol. The Balaban J connectivity index is 2.25. The molecule has 0 saturated heterocycles. The minimum atomic E-state index is -0.00895. The van der Waals surface area contributed by atoms with Crippen molar-refractivity contribution in [2.75, 3.05) is 12.2 Å². The third-order valence-electron chi connectivity index (χ3n) is 3.98. The number of aryl methyl sites for hydroxylation is 3. The highest BCUT2D eigenvalue weighted by Crippen LogP contribution is 2.27. The number of methoxy groups -OCH3 is 1. The molecule has 2 rings (SSSR count). The van der Waals surface area contributed by atoms with Crippen LogP contribution < -0.4 is 9.80 Å². The second-order valence-electron chi connectivity index (χ2n) is 5.60. The molecule has 5 heteroatoms. The third-order valence-corrected chi connectivity index (χ3v) is 4.32. The monoisotopic (exact) mass is 345 g/mol. The fourth-order valence-corrected chi connectivity index (χ4v) is 2.60. The van der Waals surface area contributed by atoms with Gasteiger partial charge in [0, 0.05) is 5.56 Å². The lowest BCUT2D eigenvalue weighted by molar-refractivity contribution is 0.264. The van der Waals surface area contributed by atoms with Crippen LogP contribution in [0, 0.1) is 13.8 Å². The molecule has 24 heavy (non-hydrogen) atoms. The van der Waals surface area contributed by atoms with Gasteiger partial charge in [-0.3, -0.25) is 5.21 Å². The largest absolute Gasteiger partial charge is 0.489 e. The van der Waals surface area contributed by atoms with Gasteiger partial charge in [-0.05, 0) is 61.3 Å². The van der Waals surface area contributed by atoms with Gasteiger partial charge in [-0.15, -0.1) is 0 Å². The maximum atomic E-state index is 10.2. The first kappa shape index (κ1) is 18.2. The number of ether oxygens (including phenoxy) is 2. The van der Waals surface area contributed by atoms with Crippen molar-refractivity contribution in [2.24, 2.45) is 0 Å². The van der Waals surface area contributed by atoms with E-state index in [4.69, 9.17) is 21.7 Å². The van der Waals surface area contributed by atoms with E-state index in [0.717, 1.165) is 33.9 Å². The van der Waals surface area contributed by atoms with Crippen LogP contribution >= 0.6 is 12.2 Å². The lowest BCUT2D eigenvalue weighted by Gasteiger charge is -2.21. The first-order valence-corrected chi connectivity index (χ1v) is 8.26. The predicted molar refractivity (Wildman–Crippen MR) is 99.9 cm³/mol. The molecule has 2 aromatic carbocycles. The Morgan fingerprint density at radius 1 is 1.17 bits per heavy atom. The molecule has 128 valence electrons. The van der Waals surface area contributed by atoms with Crippen molar-refractivity contribution in [1.82, 2.24) is 0 Å². The molecule has 0 aliphatic rings. The van der Waals surface area contributed by atoms with E-state index in [-0.39, 0.29) is 5.17 Å². The van der Waals surface area contributed by atoms with Gasteiger partial charge in [-0.25, -0.2) is 0 Å². The molecule has 0 aromatic heterocycles. The van der Waals surface area contributed by atoms with Gasteiger partial charge >= 0.3 is 0 Å². The van der Waals surface area contributed by atoms with E-state index in [1.807, 2.05) is 32.0 Å². The molecule has 2 aromatic rings. The fraction of sp³-hybridized carbons (Fsp3) is 0.316. The van der Waals surface area contributed by atoms with Gasteiger partial charge in [-0.2, -0.15) is 5.06 Å². The number of hydrogen-bond donors (Lipinski definition) is 1. The van der Waals surface area contributed by atoms with Crippen LogP contribution in [0.5, 0.6) is 5.75 Å². The summed E-state index contributed by atoms with van der Waals surface area (Å²) >= 11 is 5.00. The van der Waals surface area contributed by atoms with Crippen molar-refractivity contribution in [3.8, 4) is 5.75 Å². The average Bonchev–Trinajstić information content (AvgIpc) is 2.59. The minimum Gasteiger partial charge on any atom is -0.489 e. The van der Waals surface area contributed by atoms with Gasteiger partial charge in [0.25, 0.3) is 5.17 Å². The van der Waals surface area contributed by atoms with Crippen LogP contribution in [-0.4, -0.2) is 17.5 Å². The highest BCUT2D eigenvalue weighted by Gasteiger charge is 2.16. The molecule has 0 saturated carbocycles. The molecule has 0 amide bonds. The van der Waals surface area contributed by atoms with Gasteiger partial charge in [0.05, 0.1) is 12.8 Å². The number of hydrogen-bond acceptors (Lipinski definition) is 4. The summed E-state index contributed by atoms with van der Waals surface area (Å²) in [5.74, 6) is 0.834. The van der Waals surface area contributed by atoms with Gasteiger partial charge in [0.2, 0.25) is 0 Å². The van der Waals surface area contributed by atoms with Crippen molar-refractivity contribution in [2.45, 2.75) is 33.8 Å². The molecule has 0 aliphatic carbocycles. The normalized spacial score (nSPS) is 10.4. The van der Waals surface area contributed by atoms with Crippen LogP contribution in [0.4, 0.5) is 5.69 Å². The highest BCUT2D eigenvalue weighted by molar-refractivity contribution is 7.80. The Hall–Kier alpha value is -2.11. The Morgan fingerprint density at radius 2 is 1.92 bits per heavy atom. The van der Waals surface area contributed by atoms with Crippen molar-refractivity contribution in [3.63, 3.8) is 0 Å². The van der Waals surface area contributed by atoms with Crippen molar-refractivity contribution in [1.29, 1.82) is 0 Å². The number of anilines is 1. The van der Waals surface area contributed by atoms with Gasteiger partial charge in [-0.1, -0.05) is 31.2 Å². The van der Waals surface area contributed by atoms with Crippen molar-refractivity contribution >= 4 is 23.1 Å². The van der Waals surface area contributed by atoms with E-state index in [0.29, 0.717) is 12.3 Å². The molecule has 1 N–H and O–H groups in total. The Labute approximate surface area is 148 Å². The third kappa shape index (κ3) is 4.04. The van der Waals surface area contributed by atoms with Crippen LogP contribution in [0.15, 0.2) is 36.4 Å². The smallest absolute Gasteiger partial charge is 0.288 e. The number of benzene rings is 2. The van der Waals surface area contributed by atoms with Crippen LogP contribution in [0.25, 0.3) is 0 Å². The summed E-state index contributed by atoms with van der Waals surface area (Å²) in [5.41, 5.74) is 4.80. The van der Waals surface area contributed by atoms with E-state index in [1.165, 1.54) is 12.7 Å². The van der Waals surface area contributed by atoms with Crippen molar-refractivity contribution in [3.05, 3.63) is 58.7 Å². The van der Waals surface area contributed by atoms with Crippen LogP contribution in [0.1, 0.15) is 29.2 Å². The molecule has 0 fully saturated rings. The zero-order valence-electron chi connectivity index (χ0n) is 14.5. The van der Waals surface area contributed by atoms with Crippen LogP contribution in [0.3, 0.4) is 0 Å².